The molecule has 0 radical (unpaired) electrons. The van der Waals surface area contributed by atoms with Crippen LogP contribution in [0.5, 0.6) is 5.75 Å². The van der Waals surface area contributed by atoms with Crippen molar-refractivity contribution in [2.24, 2.45) is 0 Å². The molecule has 0 saturated carbocycles. The van der Waals surface area contributed by atoms with Crippen LogP contribution in [-0.4, -0.2) is 22.2 Å². The highest BCUT2D eigenvalue weighted by Gasteiger charge is 2.11. The topological polar surface area (TPSA) is 82.3 Å². The second-order valence-corrected chi connectivity index (χ2v) is 6.03. The number of hydrogen-bond donors (Lipinski definition) is 1. The van der Waals surface area contributed by atoms with Crippen molar-refractivity contribution in [2.75, 3.05) is 12.4 Å². The van der Waals surface area contributed by atoms with Crippen LogP contribution in [0.4, 0.5) is 5.69 Å². The summed E-state index contributed by atoms with van der Waals surface area (Å²) < 4.78 is 7.45. The Morgan fingerprint density at radius 3 is 2.56 bits per heavy atom. The second kappa shape index (κ2) is 7.74. The highest BCUT2D eigenvalue weighted by molar-refractivity contribution is 5.90. The van der Waals surface area contributed by atoms with Crippen LogP contribution in [0.1, 0.15) is 5.56 Å². The third-order valence-corrected chi connectivity index (χ3v) is 4.01. The number of aryl methyl sites for hydroxylation is 1. The summed E-state index contributed by atoms with van der Waals surface area (Å²) in [5.74, 6) is 0.183. The Kier molecular flexibility index (Phi) is 5.21. The Hall–Kier alpha value is -3.61. The highest BCUT2D eigenvalue weighted by atomic mass is 16.5. The van der Waals surface area contributed by atoms with Crippen LogP contribution in [-0.2, 0) is 11.3 Å². The maximum atomic E-state index is 12.4. The zero-order chi connectivity index (χ0) is 19.4. The molecule has 0 aliphatic carbocycles. The van der Waals surface area contributed by atoms with Crippen molar-refractivity contribution >= 4 is 11.6 Å². The van der Waals surface area contributed by atoms with E-state index in [0.29, 0.717) is 17.1 Å². The zero-order valence-corrected chi connectivity index (χ0v) is 15.0. The van der Waals surface area contributed by atoms with Gasteiger partial charge in [0.2, 0.25) is 5.91 Å². The van der Waals surface area contributed by atoms with Crippen LogP contribution in [0, 0.1) is 6.92 Å². The molecule has 0 unspecified atom stereocenters. The smallest absolute Gasteiger partial charge is 0.320 e. The molecule has 1 amide bonds. The molecule has 0 aliphatic heterocycles. The van der Waals surface area contributed by atoms with E-state index < -0.39 is 11.1 Å². The molecule has 0 aliphatic rings. The van der Waals surface area contributed by atoms with Crippen LogP contribution < -0.4 is 21.2 Å². The molecular formula is C20H19N3O4. The minimum atomic E-state index is -0.778. The largest absolute Gasteiger partial charge is 0.497 e. The number of carbonyl (C=O) groups excluding carboxylic acids is 1. The molecule has 0 saturated heterocycles. The van der Waals surface area contributed by atoms with Gasteiger partial charge >= 0.3 is 11.1 Å². The van der Waals surface area contributed by atoms with Gasteiger partial charge in [0.05, 0.1) is 12.8 Å². The number of rotatable bonds is 5. The molecule has 27 heavy (non-hydrogen) atoms. The van der Waals surface area contributed by atoms with Crippen LogP contribution in [0.15, 0.2) is 70.5 Å². The number of carbonyl (C=O) groups is 1. The maximum Gasteiger partial charge on any atom is 0.320 e. The number of methoxy groups -OCH3 is 1. The normalized spacial score (nSPS) is 10.4. The number of benzene rings is 2. The van der Waals surface area contributed by atoms with Gasteiger partial charge < -0.3 is 10.1 Å². The van der Waals surface area contributed by atoms with Crippen LogP contribution >= 0.6 is 0 Å². The van der Waals surface area contributed by atoms with Gasteiger partial charge in [-0.1, -0.05) is 18.2 Å². The Labute approximate surface area is 155 Å². The van der Waals surface area contributed by atoms with E-state index in [1.165, 1.54) is 24.1 Å². The lowest BCUT2D eigenvalue weighted by Gasteiger charge is -2.10. The monoisotopic (exact) mass is 365 g/mol. The first-order valence-electron chi connectivity index (χ1n) is 8.31. The van der Waals surface area contributed by atoms with Crippen LogP contribution in [0.25, 0.3) is 5.69 Å². The third kappa shape index (κ3) is 4.14. The van der Waals surface area contributed by atoms with Crippen molar-refractivity contribution in [1.29, 1.82) is 0 Å². The van der Waals surface area contributed by atoms with Gasteiger partial charge in [0.15, 0.2) is 0 Å². The fourth-order valence-corrected chi connectivity index (χ4v) is 2.67. The SMILES string of the molecule is COc1cccc(-n2ccn(CC(=O)Nc3cccc(C)c3)c(=O)c2=O)c1. The zero-order valence-electron chi connectivity index (χ0n) is 15.0. The Morgan fingerprint density at radius 2 is 1.81 bits per heavy atom. The van der Waals surface area contributed by atoms with Crippen molar-refractivity contribution in [2.45, 2.75) is 13.5 Å². The van der Waals surface area contributed by atoms with Crippen LogP contribution in [0.3, 0.4) is 0 Å². The predicted molar refractivity (Wildman–Crippen MR) is 103 cm³/mol. The van der Waals surface area contributed by atoms with Crippen molar-refractivity contribution in [3.63, 3.8) is 0 Å². The molecule has 1 heterocycles. The van der Waals surface area contributed by atoms with Crippen molar-refractivity contribution in [3.8, 4) is 11.4 Å². The van der Waals surface area contributed by atoms with Gasteiger partial charge in [-0.25, -0.2) is 0 Å². The van der Waals surface area contributed by atoms with E-state index in [4.69, 9.17) is 4.74 Å². The van der Waals surface area contributed by atoms with Crippen molar-refractivity contribution in [3.05, 3.63) is 87.2 Å². The fourth-order valence-electron chi connectivity index (χ4n) is 2.67. The lowest BCUT2D eigenvalue weighted by molar-refractivity contribution is -0.116. The molecular weight excluding hydrogens is 346 g/mol. The molecule has 3 aromatic rings. The summed E-state index contributed by atoms with van der Waals surface area (Å²) in [6.07, 6.45) is 2.87. The molecule has 7 nitrogen and oxygen atoms in total. The summed E-state index contributed by atoms with van der Waals surface area (Å²) in [7, 11) is 1.52. The molecule has 7 heteroatoms. The average molecular weight is 365 g/mol. The Bertz CT molecular complexity index is 1100. The predicted octanol–water partition coefficient (Wildman–Crippen LogP) is 1.95. The summed E-state index contributed by atoms with van der Waals surface area (Å²) in [5.41, 5.74) is 0.630. The Balaban J connectivity index is 1.83. The first kappa shape index (κ1) is 18.2. The van der Waals surface area contributed by atoms with Gasteiger partial charge in [-0.05, 0) is 36.8 Å². The molecule has 0 spiro atoms. The molecule has 3 rings (SSSR count). The summed E-state index contributed by atoms with van der Waals surface area (Å²) in [6, 6.07) is 14.1. The summed E-state index contributed by atoms with van der Waals surface area (Å²) >= 11 is 0. The van der Waals surface area contributed by atoms with Gasteiger partial charge in [-0.15, -0.1) is 0 Å². The lowest BCUT2D eigenvalue weighted by Crippen LogP contribution is -2.41. The molecule has 138 valence electrons. The minimum Gasteiger partial charge on any atom is -0.497 e. The second-order valence-electron chi connectivity index (χ2n) is 6.03. The number of nitrogens with zero attached hydrogens (tertiary/aromatic N) is 2. The van der Waals surface area contributed by atoms with E-state index in [9.17, 15) is 14.4 Å². The summed E-state index contributed by atoms with van der Waals surface area (Å²) in [6.45, 7) is 1.67. The van der Waals surface area contributed by atoms with Gasteiger partial charge in [-0.3, -0.25) is 23.5 Å². The van der Waals surface area contributed by atoms with E-state index in [1.54, 1.807) is 30.3 Å². The first-order chi connectivity index (χ1) is 13.0. The fraction of sp³-hybridized carbons (Fsp3) is 0.150. The number of amides is 1. The number of hydrogen-bond acceptors (Lipinski definition) is 4. The summed E-state index contributed by atoms with van der Waals surface area (Å²) in [4.78, 5) is 37.0. The number of anilines is 1. The standard InChI is InChI=1S/C20H19N3O4/c1-14-5-3-6-15(11-14)21-18(24)13-22-9-10-23(20(26)19(22)25)16-7-4-8-17(12-16)27-2/h3-12H,13H2,1-2H3,(H,21,24). The average Bonchev–Trinajstić information content (AvgIpc) is 2.65. The molecule has 1 N–H and O–H groups in total. The number of nitrogens with one attached hydrogen (secondary N) is 1. The van der Waals surface area contributed by atoms with E-state index in [-0.39, 0.29) is 12.5 Å². The van der Waals surface area contributed by atoms with Gasteiger partial charge in [0.25, 0.3) is 0 Å². The highest BCUT2D eigenvalue weighted by Crippen LogP contribution is 2.14. The van der Waals surface area contributed by atoms with E-state index in [1.807, 2.05) is 25.1 Å². The quantitative estimate of drug-likeness (QED) is 0.701. The molecule has 0 bridgehead atoms. The summed E-state index contributed by atoms with van der Waals surface area (Å²) in [5, 5.41) is 2.72. The van der Waals surface area contributed by atoms with E-state index in [2.05, 4.69) is 5.32 Å². The van der Waals surface area contributed by atoms with E-state index in [0.717, 1.165) is 10.1 Å². The minimum absolute atomic E-state index is 0.249. The Morgan fingerprint density at radius 1 is 1.04 bits per heavy atom. The molecule has 1 aromatic heterocycles. The molecule has 2 aromatic carbocycles. The number of ether oxygens (including phenoxy) is 1. The first-order valence-corrected chi connectivity index (χ1v) is 8.31. The molecule has 0 atom stereocenters. The lowest BCUT2D eigenvalue weighted by atomic mass is 10.2. The van der Waals surface area contributed by atoms with Gasteiger partial charge in [0, 0.05) is 24.1 Å². The third-order valence-electron chi connectivity index (χ3n) is 4.01. The van der Waals surface area contributed by atoms with Crippen molar-refractivity contribution < 1.29 is 9.53 Å². The van der Waals surface area contributed by atoms with Gasteiger partial charge in [0.1, 0.15) is 12.3 Å². The van der Waals surface area contributed by atoms with E-state index >= 15 is 0 Å². The number of aromatic nitrogens is 2. The van der Waals surface area contributed by atoms with Gasteiger partial charge in [-0.2, -0.15) is 0 Å². The van der Waals surface area contributed by atoms with Crippen LogP contribution in [0.2, 0.25) is 0 Å². The van der Waals surface area contributed by atoms with Crippen molar-refractivity contribution in [1.82, 2.24) is 9.13 Å². The maximum absolute atomic E-state index is 12.4. The molecule has 0 fully saturated rings.